The number of rotatable bonds is 10. The van der Waals surface area contributed by atoms with Gasteiger partial charge in [-0.15, -0.1) is 6.42 Å². The van der Waals surface area contributed by atoms with Crippen LogP contribution >= 0.6 is 0 Å². The van der Waals surface area contributed by atoms with Crippen LogP contribution in [-0.4, -0.2) is 62.2 Å². The van der Waals surface area contributed by atoms with Gasteiger partial charge in [0.15, 0.2) is 0 Å². The third kappa shape index (κ3) is 6.50. The number of aliphatic hydroxyl groups is 1. The summed E-state index contributed by atoms with van der Waals surface area (Å²) in [5.74, 6) is 3.25. The van der Waals surface area contributed by atoms with Gasteiger partial charge in [0.1, 0.15) is 12.4 Å². The van der Waals surface area contributed by atoms with Crippen molar-refractivity contribution < 1.29 is 19.3 Å². The summed E-state index contributed by atoms with van der Waals surface area (Å²) in [6.45, 7) is 3.37. The SMILES string of the molecule is C#CCOC[C@H](O)CN(Cc1ccc(OC)cc1)C[C@H]1CCCO1. The highest BCUT2D eigenvalue weighted by molar-refractivity contribution is 5.27. The van der Waals surface area contributed by atoms with Crippen LogP contribution in [0.15, 0.2) is 24.3 Å². The van der Waals surface area contributed by atoms with Crippen molar-refractivity contribution in [2.24, 2.45) is 0 Å². The first kappa shape index (κ1) is 18.8. The summed E-state index contributed by atoms with van der Waals surface area (Å²) in [6.07, 6.45) is 7.00. The smallest absolute Gasteiger partial charge is 0.118 e. The van der Waals surface area contributed by atoms with Gasteiger partial charge in [0, 0.05) is 26.2 Å². The van der Waals surface area contributed by atoms with Crippen molar-refractivity contribution in [3.8, 4) is 18.1 Å². The maximum Gasteiger partial charge on any atom is 0.118 e. The van der Waals surface area contributed by atoms with Crippen molar-refractivity contribution in [1.82, 2.24) is 4.90 Å². The lowest BCUT2D eigenvalue weighted by Crippen LogP contribution is -2.39. The minimum atomic E-state index is -0.571. The molecule has 0 unspecified atom stereocenters. The van der Waals surface area contributed by atoms with Crippen molar-refractivity contribution in [3.05, 3.63) is 29.8 Å². The predicted octanol–water partition coefficient (Wildman–Crippen LogP) is 1.69. The third-order valence-corrected chi connectivity index (χ3v) is 4.02. The molecular weight excluding hydrogens is 306 g/mol. The molecule has 2 rings (SSSR count). The molecule has 2 atom stereocenters. The normalized spacial score (nSPS) is 18.5. The second-order valence-electron chi connectivity index (χ2n) is 6.05. The van der Waals surface area contributed by atoms with Crippen LogP contribution in [0.3, 0.4) is 0 Å². The molecule has 24 heavy (non-hydrogen) atoms. The van der Waals surface area contributed by atoms with Crippen LogP contribution in [0.5, 0.6) is 5.75 Å². The third-order valence-electron chi connectivity index (χ3n) is 4.02. The highest BCUT2D eigenvalue weighted by atomic mass is 16.5. The van der Waals surface area contributed by atoms with E-state index in [-0.39, 0.29) is 19.3 Å². The summed E-state index contributed by atoms with van der Waals surface area (Å²) >= 11 is 0. The van der Waals surface area contributed by atoms with Gasteiger partial charge in [-0.1, -0.05) is 18.1 Å². The summed E-state index contributed by atoms with van der Waals surface area (Å²) in [4.78, 5) is 2.21. The average molecular weight is 333 g/mol. The van der Waals surface area contributed by atoms with E-state index >= 15 is 0 Å². The second-order valence-corrected chi connectivity index (χ2v) is 6.05. The molecule has 0 aliphatic carbocycles. The van der Waals surface area contributed by atoms with Crippen molar-refractivity contribution in [1.29, 1.82) is 0 Å². The number of methoxy groups -OCH3 is 1. The number of terminal acetylenes is 1. The molecule has 0 radical (unpaired) electrons. The Labute approximate surface area is 144 Å². The first-order valence-corrected chi connectivity index (χ1v) is 8.37. The fourth-order valence-electron chi connectivity index (χ4n) is 2.87. The van der Waals surface area contributed by atoms with E-state index in [1.165, 1.54) is 5.56 Å². The number of benzene rings is 1. The number of hydrogen-bond donors (Lipinski definition) is 1. The lowest BCUT2D eigenvalue weighted by Gasteiger charge is -2.27. The van der Waals surface area contributed by atoms with E-state index in [1.54, 1.807) is 7.11 Å². The molecule has 1 fully saturated rings. The maximum atomic E-state index is 10.2. The second kappa shape index (κ2) is 10.3. The molecule has 1 saturated heterocycles. The molecule has 1 aromatic rings. The van der Waals surface area contributed by atoms with Gasteiger partial charge in [-0.3, -0.25) is 4.90 Å². The van der Waals surface area contributed by atoms with Gasteiger partial charge < -0.3 is 19.3 Å². The molecule has 1 aliphatic rings. The Morgan fingerprint density at radius 3 is 2.83 bits per heavy atom. The van der Waals surface area contributed by atoms with Gasteiger partial charge >= 0.3 is 0 Å². The summed E-state index contributed by atoms with van der Waals surface area (Å²) in [5.41, 5.74) is 1.17. The average Bonchev–Trinajstić information content (AvgIpc) is 3.08. The summed E-state index contributed by atoms with van der Waals surface area (Å²) in [7, 11) is 1.66. The zero-order valence-electron chi connectivity index (χ0n) is 14.3. The highest BCUT2D eigenvalue weighted by Gasteiger charge is 2.21. The predicted molar refractivity (Wildman–Crippen MR) is 92.9 cm³/mol. The molecule has 5 nitrogen and oxygen atoms in total. The molecule has 0 aromatic heterocycles. The van der Waals surface area contributed by atoms with Crippen molar-refractivity contribution in [3.63, 3.8) is 0 Å². The lowest BCUT2D eigenvalue weighted by atomic mass is 10.1. The van der Waals surface area contributed by atoms with Crippen LogP contribution in [0.1, 0.15) is 18.4 Å². The lowest BCUT2D eigenvalue weighted by molar-refractivity contribution is 0.00955. The Bertz CT molecular complexity index is 505. The molecule has 1 N–H and O–H groups in total. The van der Waals surface area contributed by atoms with Crippen molar-refractivity contribution in [2.75, 3.05) is 40.0 Å². The molecule has 1 heterocycles. The number of nitrogens with zero attached hydrogens (tertiary/aromatic N) is 1. The molecule has 1 aromatic carbocycles. The standard InChI is InChI=1S/C19H27NO4/c1-3-10-23-15-17(21)13-20(14-19-5-4-11-24-19)12-16-6-8-18(22-2)9-7-16/h1,6-9,17,19,21H,4-5,10-15H2,2H3/t17-,19-/m1/s1. The zero-order chi connectivity index (χ0) is 17.2. The fraction of sp³-hybridized carbons (Fsp3) is 0.579. The minimum Gasteiger partial charge on any atom is -0.497 e. The number of ether oxygens (including phenoxy) is 3. The summed E-state index contributed by atoms with van der Waals surface area (Å²) < 4.78 is 16.2. The van der Waals surface area contributed by atoms with E-state index in [4.69, 9.17) is 20.6 Å². The fourth-order valence-corrected chi connectivity index (χ4v) is 2.87. The topological polar surface area (TPSA) is 51.2 Å². The van der Waals surface area contributed by atoms with E-state index in [0.717, 1.165) is 38.3 Å². The quantitative estimate of drug-likeness (QED) is 0.522. The Morgan fingerprint density at radius 1 is 1.42 bits per heavy atom. The first-order valence-electron chi connectivity index (χ1n) is 8.37. The van der Waals surface area contributed by atoms with E-state index < -0.39 is 6.10 Å². The van der Waals surface area contributed by atoms with Gasteiger partial charge in [0.2, 0.25) is 0 Å². The Kier molecular flexibility index (Phi) is 8.06. The largest absolute Gasteiger partial charge is 0.497 e. The van der Waals surface area contributed by atoms with Gasteiger partial charge in [-0.05, 0) is 30.5 Å². The van der Waals surface area contributed by atoms with Gasteiger partial charge in [-0.25, -0.2) is 0 Å². The van der Waals surface area contributed by atoms with Crippen LogP contribution in [0.4, 0.5) is 0 Å². The van der Waals surface area contributed by atoms with Crippen LogP contribution < -0.4 is 4.74 Å². The molecule has 0 amide bonds. The van der Waals surface area contributed by atoms with Crippen LogP contribution in [0.2, 0.25) is 0 Å². The van der Waals surface area contributed by atoms with E-state index in [0.29, 0.717) is 6.54 Å². The molecule has 0 bridgehead atoms. The zero-order valence-corrected chi connectivity index (χ0v) is 14.3. The Hall–Kier alpha value is -1.58. The van der Waals surface area contributed by atoms with E-state index in [2.05, 4.69) is 10.8 Å². The Morgan fingerprint density at radius 2 is 2.21 bits per heavy atom. The van der Waals surface area contributed by atoms with Gasteiger partial charge in [0.25, 0.3) is 0 Å². The number of aliphatic hydroxyl groups excluding tert-OH is 1. The minimum absolute atomic E-state index is 0.223. The molecule has 132 valence electrons. The monoisotopic (exact) mass is 333 g/mol. The van der Waals surface area contributed by atoms with Crippen LogP contribution in [-0.2, 0) is 16.0 Å². The molecule has 5 heteroatoms. The maximum absolute atomic E-state index is 10.2. The molecule has 0 saturated carbocycles. The summed E-state index contributed by atoms with van der Waals surface area (Å²) in [6, 6.07) is 7.99. The van der Waals surface area contributed by atoms with Crippen LogP contribution in [0, 0.1) is 12.3 Å². The highest BCUT2D eigenvalue weighted by Crippen LogP contribution is 2.17. The van der Waals surface area contributed by atoms with E-state index in [9.17, 15) is 5.11 Å². The van der Waals surface area contributed by atoms with Gasteiger partial charge in [-0.2, -0.15) is 0 Å². The van der Waals surface area contributed by atoms with Crippen LogP contribution in [0.25, 0.3) is 0 Å². The number of hydrogen-bond acceptors (Lipinski definition) is 5. The first-order chi connectivity index (χ1) is 11.7. The Balaban J connectivity index is 1.91. The molecule has 1 aliphatic heterocycles. The van der Waals surface area contributed by atoms with E-state index in [1.807, 2.05) is 24.3 Å². The van der Waals surface area contributed by atoms with Crippen molar-refractivity contribution >= 4 is 0 Å². The van der Waals surface area contributed by atoms with Gasteiger partial charge in [0.05, 0.1) is 25.9 Å². The summed E-state index contributed by atoms with van der Waals surface area (Å²) in [5, 5.41) is 10.2. The van der Waals surface area contributed by atoms with Crippen molar-refractivity contribution in [2.45, 2.75) is 31.6 Å². The molecular formula is C19H27NO4. The molecule has 0 spiro atoms.